The fourth-order valence-electron chi connectivity index (χ4n) is 2.64. The SMILES string of the molecule is COCCCOc1ccc(C(=O)N2CCC(CN)CC2)cc1.Cl. The molecule has 1 aliphatic rings. The van der Waals surface area contributed by atoms with Gasteiger partial charge in [-0.25, -0.2) is 0 Å². The lowest BCUT2D eigenvalue weighted by Gasteiger charge is -2.31. The Morgan fingerprint density at radius 3 is 2.43 bits per heavy atom. The van der Waals surface area contributed by atoms with Crippen LogP contribution in [0.1, 0.15) is 29.6 Å². The second-order valence-corrected chi connectivity index (χ2v) is 5.69. The number of carbonyl (C=O) groups excluding carboxylic acids is 1. The van der Waals surface area contributed by atoms with Crippen LogP contribution in [0, 0.1) is 5.92 Å². The van der Waals surface area contributed by atoms with E-state index in [-0.39, 0.29) is 18.3 Å². The third-order valence-electron chi connectivity index (χ3n) is 4.10. The maximum absolute atomic E-state index is 12.4. The molecule has 1 saturated heterocycles. The number of nitrogens with zero attached hydrogens (tertiary/aromatic N) is 1. The van der Waals surface area contributed by atoms with Gasteiger partial charge in [0.1, 0.15) is 5.75 Å². The summed E-state index contributed by atoms with van der Waals surface area (Å²) in [5.74, 6) is 1.45. The van der Waals surface area contributed by atoms with Gasteiger partial charge in [0.05, 0.1) is 6.61 Å². The average molecular weight is 343 g/mol. The Morgan fingerprint density at radius 1 is 1.22 bits per heavy atom. The van der Waals surface area contributed by atoms with Gasteiger partial charge in [-0.05, 0) is 49.6 Å². The zero-order valence-electron chi connectivity index (χ0n) is 13.7. The van der Waals surface area contributed by atoms with E-state index in [1.165, 1.54) is 0 Å². The lowest BCUT2D eigenvalue weighted by atomic mass is 9.96. The second kappa shape index (κ2) is 10.5. The summed E-state index contributed by atoms with van der Waals surface area (Å²) in [5.41, 5.74) is 6.40. The fraction of sp³-hybridized carbons (Fsp3) is 0.588. The third-order valence-corrected chi connectivity index (χ3v) is 4.10. The third kappa shape index (κ3) is 6.01. The van der Waals surface area contributed by atoms with Crippen LogP contribution >= 0.6 is 12.4 Å². The normalized spacial score (nSPS) is 15.1. The molecule has 5 nitrogen and oxygen atoms in total. The molecule has 0 atom stereocenters. The Kier molecular flexibility index (Phi) is 8.99. The number of ether oxygens (including phenoxy) is 2. The quantitative estimate of drug-likeness (QED) is 0.772. The van der Waals surface area contributed by atoms with Gasteiger partial charge in [-0.15, -0.1) is 12.4 Å². The number of amides is 1. The first-order valence-corrected chi connectivity index (χ1v) is 7.95. The first-order valence-electron chi connectivity index (χ1n) is 7.95. The van der Waals surface area contributed by atoms with E-state index in [1.54, 1.807) is 7.11 Å². The van der Waals surface area contributed by atoms with Gasteiger partial charge < -0.3 is 20.1 Å². The van der Waals surface area contributed by atoms with E-state index in [2.05, 4.69) is 0 Å². The molecule has 2 N–H and O–H groups in total. The molecule has 6 heteroatoms. The molecule has 23 heavy (non-hydrogen) atoms. The van der Waals surface area contributed by atoms with Crippen LogP contribution in [0.3, 0.4) is 0 Å². The molecule has 1 aliphatic heterocycles. The smallest absolute Gasteiger partial charge is 0.253 e. The number of likely N-dealkylation sites (tertiary alicyclic amines) is 1. The van der Waals surface area contributed by atoms with Gasteiger partial charge in [-0.3, -0.25) is 4.79 Å². The molecule has 0 unspecified atom stereocenters. The summed E-state index contributed by atoms with van der Waals surface area (Å²) in [6, 6.07) is 7.38. The van der Waals surface area contributed by atoms with Crippen molar-refractivity contribution in [2.45, 2.75) is 19.3 Å². The van der Waals surface area contributed by atoms with Crippen molar-refractivity contribution in [1.82, 2.24) is 4.90 Å². The van der Waals surface area contributed by atoms with Crippen molar-refractivity contribution in [3.05, 3.63) is 29.8 Å². The summed E-state index contributed by atoms with van der Waals surface area (Å²) in [4.78, 5) is 14.4. The van der Waals surface area contributed by atoms with E-state index in [4.69, 9.17) is 15.2 Å². The number of carbonyl (C=O) groups is 1. The van der Waals surface area contributed by atoms with E-state index in [1.807, 2.05) is 29.2 Å². The zero-order valence-corrected chi connectivity index (χ0v) is 14.5. The maximum atomic E-state index is 12.4. The van der Waals surface area contributed by atoms with Crippen molar-refractivity contribution >= 4 is 18.3 Å². The van der Waals surface area contributed by atoms with Gasteiger partial charge in [0.2, 0.25) is 0 Å². The minimum atomic E-state index is 0. The molecule has 0 aromatic heterocycles. The number of hydrogen-bond acceptors (Lipinski definition) is 4. The lowest BCUT2D eigenvalue weighted by Crippen LogP contribution is -2.40. The van der Waals surface area contributed by atoms with Crippen molar-refractivity contribution in [3.8, 4) is 5.75 Å². The molecule has 0 bridgehead atoms. The molecular formula is C17H27ClN2O3. The van der Waals surface area contributed by atoms with E-state index >= 15 is 0 Å². The van der Waals surface area contributed by atoms with Crippen LogP contribution in [0.25, 0.3) is 0 Å². The Bertz CT molecular complexity index is 459. The largest absolute Gasteiger partial charge is 0.494 e. The first kappa shape index (κ1) is 19.7. The van der Waals surface area contributed by atoms with E-state index in [0.29, 0.717) is 19.1 Å². The van der Waals surface area contributed by atoms with Crippen LogP contribution in [0.15, 0.2) is 24.3 Å². The van der Waals surface area contributed by atoms with Crippen LogP contribution < -0.4 is 10.5 Å². The van der Waals surface area contributed by atoms with Gasteiger partial charge in [0.25, 0.3) is 5.91 Å². The fourth-order valence-corrected chi connectivity index (χ4v) is 2.64. The summed E-state index contributed by atoms with van der Waals surface area (Å²) in [6.07, 6.45) is 2.86. The van der Waals surface area contributed by atoms with Crippen LogP contribution in [0.5, 0.6) is 5.75 Å². The Morgan fingerprint density at radius 2 is 1.87 bits per heavy atom. The van der Waals surface area contributed by atoms with Gasteiger partial charge in [-0.2, -0.15) is 0 Å². The maximum Gasteiger partial charge on any atom is 0.253 e. The average Bonchev–Trinajstić information content (AvgIpc) is 2.59. The van der Waals surface area contributed by atoms with E-state index < -0.39 is 0 Å². The van der Waals surface area contributed by atoms with Gasteiger partial charge in [0.15, 0.2) is 0 Å². The predicted molar refractivity (Wildman–Crippen MR) is 93.4 cm³/mol. The Hall–Kier alpha value is -1.30. The van der Waals surface area contributed by atoms with Gasteiger partial charge >= 0.3 is 0 Å². The number of methoxy groups -OCH3 is 1. The molecule has 2 rings (SSSR count). The van der Waals surface area contributed by atoms with E-state index in [0.717, 1.165) is 50.2 Å². The monoisotopic (exact) mass is 342 g/mol. The summed E-state index contributed by atoms with van der Waals surface area (Å²) in [7, 11) is 1.68. The minimum Gasteiger partial charge on any atom is -0.494 e. The Balaban J connectivity index is 0.00000264. The first-order chi connectivity index (χ1) is 10.7. The number of rotatable bonds is 7. The van der Waals surface area contributed by atoms with Crippen molar-refractivity contribution in [2.75, 3.05) is 40.0 Å². The highest BCUT2D eigenvalue weighted by Crippen LogP contribution is 2.19. The lowest BCUT2D eigenvalue weighted by molar-refractivity contribution is 0.0693. The topological polar surface area (TPSA) is 64.8 Å². The standard InChI is InChI=1S/C17H26N2O3.ClH/c1-21-11-2-12-22-16-5-3-15(4-6-16)17(20)19-9-7-14(13-18)8-10-19;/h3-6,14H,2,7-13,18H2,1H3;1H. The van der Waals surface area contributed by atoms with Crippen LogP contribution in [0.4, 0.5) is 0 Å². The summed E-state index contributed by atoms with van der Waals surface area (Å²) in [6.45, 7) is 3.63. The molecule has 130 valence electrons. The summed E-state index contributed by atoms with van der Waals surface area (Å²) in [5, 5.41) is 0. The second-order valence-electron chi connectivity index (χ2n) is 5.69. The number of piperidine rings is 1. The molecule has 0 aliphatic carbocycles. The van der Waals surface area contributed by atoms with Crippen molar-refractivity contribution in [3.63, 3.8) is 0 Å². The number of nitrogens with two attached hydrogens (primary N) is 1. The molecule has 0 radical (unpaired) electrons. The number of benzene rings is 1. The minimum absolute atomic E-state index is 0. The molecule has 1 amide bonds. The highest BCUT2D eigenvalue weighted by atomic mass is 35.5. The van der Waals surface area contributed by atoms with Gasteiger partial charge in [0, 0.05) is 38.8 Å². The molecule has 0 spiro atoms. The molecule has 1 aromatic carbocycles. The summed E-state index contributed by atoms with van der Waals surface area (Å²) >= 11 is 0. The zero-order chi connectivity index (χ0) is 15.8. The number of hydrogen-bond donors (Lipinski definition) is 1. The highest BCUT2D eigenvalue weighted by molar-refractivity contribution is 5.94. The van der Waals surface area contributed by atoms with Crippen LogP contribution in [-0.2, 0) is 4.74 Å². The number of halogens is 1. The molecule has 1 aromatic rings. The Labute approximate surface area is 144 Å². The molecule has 1 heterocycles. The van der Waals surface area contributed by atoms with Crippen LogP contribution in [0.2, 0.25) is 0 Å². The molecule has 0 saturated carbocycles. The van der Waals surface area contributed by atoms with E-state index in [9.17, 15) is 4.79 Å². The molecular weight excluding hydrogens is 316 g/mol. The highest BCUT2D eigenvalue weighted by Gasteiger charge is 2.22. The van der Waals surface area contributed by atoms with Crippen LogP contribution in [-0.4, -0.2) is 50.8 Å². The van der Waals surface area contributed by atoms with Crippen molar-refractivity contribution < 1.29 is 14.3 Å². The van der Waals surface area contributed by atoms with Crippen molar-refractivity contribution in [2.24, 2.45) is 11.7 Å². The predicted octanol–water partition coefficient (Wildman–Crippen LogP) is 2.33. The van der Waals surface area contributed by atoms with Crippen molar-refractivity contribution in [1.29, 1.82) is 0 Å². The molecule has 1 fully saturated rings. The summed E-state index contributed by atoms with van der Waals surface area (Å²) < 4.78 is 10.6. The van der Waals surface area contributed by atoms with Gasteiger partial charge in [-0.1, -0.05) is 0 Å².